The summed E-state index contributed by atoms with van der Waals surface area (Å²) < 4.78 is 0. The molecule has 0 aliphatic carbocycles. The van der Waals surface area contributed by atoms with Crippen molar-refractivity contribution in [3.63, 3.8) is 0 Å². The molecule has 1 fully saturated rings. The third kappa shape index (κ3) is 3.49. The molecule has 1 aromatic carbocycles. The van der Waals surface area contributed by atoms with E-state index in [0.29, 0.717) is 17.2 Å². The maximum atomic E-state index is 12.1. The van der Waals surface area contributed by atoms with Crippen LogP contribution in [0, 0.1) is 18.8 Å². The maximum absolute atomic E-state index is 12.1. The van der Waals surface area contributed by atoms with Crippen molar-refractivity contribution in [2.24, 2.45) is 17.6 Å². The minimum Gasteiger partial charge on any atom is -0.366 e. The van der Waals surface area contributed by atoms with Gasteiger partial charge in [0.2, 0.25) is 11.8 Å². The molecule has 0 bridgehead atoms. The number of primary amides is 1. The molecular formula is C14H20ClN3O2. The van der Waals surface area contributed by atoms with E-state index in [9.17, 15) is 9.59 Å². The predicted molar refractivity (Wildman–Crippen MR) is 81.1 cm³/mol. The van der Waals surface area contributed by atoms with E-state index in [2.05, 4.69) is 10.6 Å². The molecule has 6 heteroatoms. The number of nitrogens with one attached hydrogen (secondary N) is 2. The van der Waals surface area contributed by atoms with Gasteiger partial charge in [0.05, 0.1) is 0 Å². The van der Waals surface area contributed by atoms with E-state index in [1.807, 2.05) is 13.8 Å². The molecule has 5 nitrogen and oxygen atoms in total. The number of carbonyl (C=O) groups excluding carboxylic acids is 2. The highest BCUT2D eigenvalue weighted by molar-refractivity contribution is 5.97. The topological polar surface area (TPSA) is 84.2 Å². The summed E-state index contributed by atoms with van der Waals surface area (Å²) in [6.45, 7) is 5.58. The fraction of sp³-hybridized carbons (Fsp3) is 0.429. The van der Waals surface area contributed by atoms with Gasteiger partial charge >= 0.3 is 0 Å². The lowest BCUT2D eigenvalue weighted by Gasteiger charge is -2.31. The molecule has 0 radical (unpaired) electrons. The summed E-state index contributed by atoms with van der Waals surface area (Å²) in [4.78, 5) is 23.3. The second-order valence-electron chi connectivity index (χ2n) is 5.09. The van der Waals surface area contributed by atoms with Gasteiger partial charge in [-0.1, -0.05) is 13.0 Å². The van der Waals surface area contributed by atoms with Gasteiger partial charge in [0.1, 0.15) is 0 Å². The zero-order chi connectivity index (χ0) is 14.0. The molecule has 2 amide bonds. The molecule has 1 aromatic rings. The lowest BCUT2D eigenvalue weighted by Crippen LogP contribution is -2.48. The average molecular weight is 298 g/mol. The number of nitrogens with two attached hydrogens (primary N) is 1. The number of hydrogen-bond acceptors (Lipinski definition) is 3. The van der Waals surface area contributed by atoms with Crippen molar-refractivity contribution in [1.29, 1.82) is 0 Å². The Bertz CT molecular complexity index is 515. The Balaban J connectivity index is 0.00000200. The minimum absolute atomic E-state index is 0. The Hall–Kier alpha value is -1.59. The molecule has 110 valence electrons. The second kappa shape index (κ2) is 6.72. The molecular weight excluding hydrogens is 278 g/mol. The first-order valence-electron chi connectivity index (χ1n) is 6.41. The highest BCUT2D eigenvalue weighted by Gasteiger charge is 2.28. The SMILES string of the molecule is Cc1ccc(C(N)=O)cc1NC(=O)C(C)C1CNC1.Cl. The molecule has 2 rings (SSSR count). The molecule has 0 saturated carbocycles. The van der Waals surface area contributed by atoms with Gasteiger partial charge in [0.25, 0.3) is 0 Å². The fourth-order valence-electron chi connectivity index (χ4n) is 2.04. The van der Waals surface area contributed by atoms with E-state index in [4.69, 9.17) is 5.73 Å². The van der Waals surface area contributed by atoms with Crippen LogP contribution in [0.2, 0.25) is 0 Å². The third-order valence-corrected chi connectivity index (χ3v) is 3.71. The summed E-state index contributed by atoms with van der Waals surface area (Å²) in [5.74, 6) is -0.166. The number of rotatable bonds is 4. The van der Waals surface area contributed by atoms with Gasteiger partial charge in [-0.2, -0.15) is 0 Å². The molecule has 1 aliphatic rings. The summed E-state index contributed by atoms with van der Waals surface area (Å²) in [5.41, 5.74) is 7.21. The van der Waals surface area contributed by atoms with E-state index in [0.717, 1.165) is 18.7 Å². The zero-order valence-electron chi connectivity index (χ0n) is 11.6. The number of carbonyl (C=O) groups is 2. The molecule has 1 saturated heterocycles. The summed E-state index contributed by atoms with van der Waals surface area (Å²) >= 11 is 0. The van der Waals surface area contributed by atoms with Crippen LogP contribution in [-0.2, 0) is 4.79 Å². The van der Waals surface area contributed by atoms with E-state index in [1.165, 1.54) is 0 Å². The van der Waals surface area contributed by atoms with Crippen molar-refractivity contribution in [1.82, 2.24) is 5.32 Å². The number of hydrogen-bond donors (Lipinski definition) is 3. The largest absolute Gasteiger partial charge is 0.366 e. The van der Waals surface area contributed by atoms with Gasteiger partial charge in [-0.05, 0) is 43.6 Å². The van der Waals surface area contributed by atoms with Crippen molar-refractivity contribution in [3.05, 3.63) is 29.3 Å². The number of amides is 2. The van der Waals surface area contributed by atoms with Crippen LogP contribution in [0.4, 0.5) is 5.69 Å². The highest BCUT2D eigenvalue weighted by Crippen LogP contribution is 2.21. The monoisotopic (exact) mass is 297 g/mol. The third-order valence-electron chi connectivity index (χ3n) is 3.71. The first kappa shape index (κ1) is 16.5. The fourth-order valence-corrected chi connectivity index (χ4v) is 2.04. The first-order valence-corrected chi connectivity index (χ1v) is 6.41. The zero-order valence-corrected chi connectivity index (χ0v) is 12.4. The molecule has 1 heterocycles. The Kier molecular flexibility index (Phi) is 5.53. The van der Waals surface area contributed by atoms with Gasteiger partial charge in [-0.3, -0.25) is 9.59 Å². The number of benzene rings is 1. The van der Waals surface area contributed by atoms with Crippen LogP contribution in [0.3, 0.4) is 0 Å². The Morgan fingerprint density at radius 2 is 2.05 bits per heavy atom. The van der Waals surface area contributed by atoms with E-state index in [-0.39, 0.29) is 24.2 Å². The second-order valence-corrected chi connectivity index (χ2v) is 5.09. The lowest BCUT2D eigenvalue weighted by atomic mass is 9.88. The smallest absolute Gasteiger partial charge is 0.248 e. The van der Waals surface area contributed by atoms with Crippen molar-refractivity contribution >= 4 is 29.9 Å². The van der Waals surface area contributed by atoms with Gasteiger partial charge in [-0.15, -0.1) is 12.4 Å². The molecule has 4 N–H and O–H groups in total. The lowest BCUT2D eigenvalue weighted by molar-refractivity contribution is -0.121. The normalized spacial score (nSPS) is 15.7. The van der Waals surface area contributed by atoms with Crippen molar-refractivity contribution < 1.29 is 9.59 Å². The quantitative estimate of drug-likeness (QED) is 0.783. The average Bonchev–Trinajstić information content (AvgIpc) is 2.29. The predicted octanol–water partition coefficient (Wildman–Crippen LogP) is 1.31. The van der Waals surface area contributed by atoms with Gasteiger partial charge in [-0.25, -0.2) is 0 Å². The molecule has 0 aromatic heterocycles. The molecule has 1 aliphatic heterocycles. The number of anilines is 1. The maximum Gasteiger partial charge on any atom is 0.248 e. The minimum atomic E-state index is -0.494. The van der Waals surface area contributed by atoms with Crippen LogP contribution in [0.1, 0.15) is 22.8 Å². The van der Waals surface area contributed by atoms with Crippen molar-refractivity contribution in [2.45, 2.75) is 13.8 Å². The number of aryl methyl sites for hydroxylation is 1. The van der Waals surface area contributed by atoms with E-state index >= 15 is 0 Å². The molecule has 1 unspecified atom stereocenters. The Labute approximate surface area is 124 Å². The van der Waals surface area contributed by atoms with Gasteiger partial charge in [0, 0.05) is 17.2 Å². The molecule has 20 heavy (non-hydrogen) atoms. The first-order chi connectivity index (χ1) is 8.99. The summed E-state index contributed by atoms with van der Waals surface area (Å²) in [6, 6.07) is 5.07. The van der Waals surface area contributed by atoms with E-state index < -0.39 is 5.91 Å². The van der Waals surface area contributed by atoms with Crippen LogP contribution in [-0.4, -0.2) is 24.9 Å². The van der Waals surface area contributed by atoms with Crippen LogP contribution in [0.15, 0.2) is 18.2 Å². The summed E-state index contributed by atoms with van der Waals surface area (Å²) in [5, 5.41) is 6.03. The van der Waals surface area contributed by atoms with Crippen molar-refractivity contribution in [3.8, 4) is 0 Å². The standard InChI is InChI=1S/C14H19N3O2.ClH/c1-8-3-4-10(13(15)18)5-12(8)17-14(19)9(2)11-6-16-7-11;/h3-5,9,11,16H,6-7H2,1-2H3,(H2,15,18)(H,17,19);1H. The van der Waals surface area contributed by atoms with Crippen LogP contribution in [0.5, 0.6) is 0 Å². The van der Waals surface area contributed by atoms with Gasteiger partial charge in [0.15, 0.2) is 0 Å². The van der Waals surface area contributed by atoms with Crippen LogP contribution >= 0.6 is 12.4 Å². The Morgan fingerprint density at radius 3 is 2.55 bits per heavy atom. The highest BCUT2D eigenvalue weighted by atomic mass is 35.5. The Morgan fingerprint density at radius 1 is 1.40 bits per heavy atom. The molecule has 1 atom stereocenters. The summed E-state index contributed by atoms with van der Waals surface area (Å²) in [6.07, 6.45) is 0. The van der Waals surface area contributed by atoms with E-state index in [1.54, 1.807) is 18.2 Å². The van der Waals surface area contributed by atoms with Gasteiger partial charge < -0.3 is 16.4 Å². The molecule has 0 spiro atoms. The van der Waals surface area contributed by atoms with Crippen LogP contribution < -0.4 is 16.4 Å². The van der Waals surface area contributed by atoms with Crippen LogP contribution in [0.25, 0.3) is 0 Å². The summed E-state index contributed by atoms with van der Waals surface area (Å²) in [7, 11) is 0. The number of halogens is 1. The van der Waals surface area contributed by atoms with Crippen molar-refractivity contribution in [2.75, 3.05) is 18.4 Å².